The molecule has 30 heavy (non-hydrogen) atoms. The largest absolute Gasteiger partial charge is 0.449 e. The number of nitrogens with zero attached hydrogens (tertiary/aromatic N) is 1. The van der Waals surface area contributed by atoms with Crippen LogP contribution in [0.5, 0.6) is 0 Å². The van der Waals surface area contributed by atoms with Crippen molar-refractivity contribution in [3.63, 3.8) is 0 Å². The fourth-order valence-corrected chi connectivity index (χ4v) is 3.84. The lowest BCUT2D eigenvalue weighted by Gasteiger charge is -2.17. The lowest BCUT2D eigenvalue weighted by molar-refractivity contribution is 0.0111. The first-order chi connectivity index (χ1) is 14.5. The standard InChI is InChI=1S/C22H24N4O4/c23-20-11-18(25-26-20)21(28)19(27)9-10-24-22(29)30-12-17-15-7-3-1-5-13(15)14-6-2-4-8-16(14)17/h1-8,11,17,19,21,27-28H,9-10,12H2,(H,24,29)(H3,23,25,26). The van der Waals surface area contributed by atoms with Gasteiger partial charge in [-0.05, 0) is 28.7 Å². The molecule has 1 amide bonds. The average Bonchev–Trinajstić information content (AvgIpc) is 3.33. The Bertz CT molecular complexity index is 990. The summed E-state index contributed by atoms with van der Waals surface area (Å²) in [6.07, 6.45) is -2.67. The van der Waals surface area contributed by atoms with E-state index < -0.39 is 18.3 Å². The fraction of sp³-hybridized carbons (Fsp3) is 0.273. The van der Waals surface area contributed by atoms with Crippen LogP contribution >= 0.6 is 0 Å². The highest BCUT2D eigenvalue weighted by Crippen LogP contribution is 2.44. The van der Waals surface area contributed by atoms with Gasteiger partial charge in [-0.2, -0.15) is 5.10 Å². The highest BCUT2D eigenvalue weighted by atomic mass is 16.5. The number of amides is 1. The van der Waals surface area contributed by atoms with Crippen LogP contribution in [0.4, 0.5) is 10.6 Å². The van der Waals surface area contributed by atoms with Gasteiger partial charge in [0.2, 0.25) is 0 Å². The van der Waals surface area contributed by atoms with E-state index in [1.165, 1.54) is 17.2 Å². The Labute approximate surface area is 173 Å². The summed E-state index contributed by atoms with van der Waals surface area (Å²) in [6, 6.07) is 17.7. The van der Waals surface area contributed by atoms with Crippen LogP contribution in [-0.4, -0.2) is 45.8 Å². The molecule has 4 rings (SSSR count). The van der Waals surface area contributed by atoms with E-state index in [4.69, 9.17) is 10.5 Å². The molecule has 1 heterocycles. The van der Waals surface area contributed by atoms with Crippen molar-refractivity contribution in [1.82, 2.24) is 15.5 Å². The minimum atomic E-state index is -1.17. The predicted molar refractivity (Wildman–Crippen MR) is 112 cm³/mol. The number of nitrogens with two attached hydrogens (primary N) is 1. The van der Waals surface area contributed by atoms with Crippen molar-refractivity contribution in [2.75, 3.05) is 18.9 Å². The van der Waals surface area contributed by atoms with E-state index in [0.717, 1.165) is 11.1 Å². The normalized spacial score (nSPS) is 14.6. The number of ether oxygens (including phenoxy) is 1. The number of hydrogen-bond acceptors (Lipinski definition) is 6. The molecule has 2 unspecified atom stereocenters. The molecule has 2 aromatic carbocycles. The van der Waals surface area contributed by atoms with Gasteiger partial charge >= 0.3 is 6.09 Å². The Balaban J connectivity index is 1.28. The molecule has 0 radical (unpaired) electrons. The number of fused-ring (bicyclic) bond motifs is 3. The number of aromatic amines is 1. The zero-order valence-corrected chi connectivity index (χ0v) is 16.3. The molecule has 0 spiro atoms. The van der Waals surface area contributed by atoms with Gasteiger partial charge in [-0.25, -0.2) is 4.79 Å². The summed E-state index contributed by atoms with van der Waals surface area (Å²) in [5.41, 5.74) is 10.4. The number of H-pyrrole nitrogens is 1. The third-order valence-corrected chi connectivity index (χ3v) is 5.35. The molecule has 0 aliphatic heterocycles. The fourth-order valence-electron chi connectivity index (χ4n) is 3.84. The first-order valence-corrected chi connectivity index (χ1v) is 9.80. The van der Waals surface area contributed by atoms with E-state index in [1.54, 1.807) is 0 Å². The maximum absolute atomic E-state index is 12.1. The molecule has 0 saturated carbocycles. The van der Waals surface area contributed by atoms with Crippen molar-refractivity contribution < 1.29 is 19.7 Å². The van der Waals surface area contributed by atoms with Crippen LogP contribution in [0.1, 0.15) is 35.3 Å². The summed E-state index contributed by atoms with van der Waals surface area (Å²) >= 11 is 0. The van der Waals surface area contributed by atoms with Crippen LogP contribution in [0.15, 0.2) is 54.6 Å². The summed E-state index contributed by atoms with van der Waals surface area (Å²) < 4.78 is 5.44. The Kier molecular flexibility index (Phi) is 5.69. The zero-order chi connectivity index (χ0) is 21.1. The second-order valence-electron chi connectivity index (χ2n) is 7.30. The monoisotopic (exact) mass is 408 g/mol. The first kappa shape index (κ1) is 19.9. The van der Waals surface area contributed by atoms with Crippen molar-refractivity contribution in [1.29, 1.82) is 0 Å². The molecule has 0 bridgehead atoms. The van der Waals surface area contributed by atoms with E-state index >= 15 is 0 Å². The molecule has 1 aliphatic carbocycles. The third kappa shape index (κ3) is 4.00. The topological polar surface area (TPSA) is 133 Å². The predicted octanol–water partition coefficient (Wildman–Crippen LogP) is 2.31. The Morgan fingerprint density at radius 3 is 2.37 bits per heavy atom. The van der Waals surface area contributed by atoms with Gasteiger partial charge in [-0.15, -0.1) is 0 Å². The van der Waals surface area contributed by atoms with E-state index in [1.807, 2.05) is 24.3 Å². The number of alkyl carbamates (subject to hydrolysis) is 1. The van der Waals surface area contributed by atoms with Gasteiger partial charge in [0.25, 0.3) is 0 Å². The molecule has 1 aliphatic rings. The molecule has 8 nitrogen and oxygen atoms in total. The lowest BCUT2D eigenvalue weighted by atomic mass is 9.98. The van der Waals surface area contributed by atoms with E-state index in [0.29, 0.717) is 5.69 Å². The number of rotatable bonds is 7. The first-order valence-electron chi connectivity index (χ1n) is 9.80. The lowest BCUT2D eigenvalue weighted by Crippen LogP contribution is -2.30. The molecule has 6 N–H and O–H groups in total. The van der Waals surface area contributed by atoms with Gasteiger partial charge in [0.05, 0.1) is 11.8 Å². The summed E-state index contributed by atoms with van der Waals surface area (Å²) in [5, 5.41) is 29.0. The molecular formula is C22H24N4O4. The number of aliphatic hydroxyl groups excluding tert-OH is 2. The van der Waals surface area contributed by atoms with Crippen LogP contribution in [0.2, 0.25) is 0 Å². The maximum atomic E-state index is 12.1. The van der Waals surface area contributed by atoms with Gasteiger partial charge in [0, 0.05) is 18.5 Å². The number of aromatic nitrogens is 2. The number of nitrogen functional groups attached to an aromatic ring is 1. The summed E-state index contributed by atoms with van der Waals surface area (Å²) in [7, 11) is 0. The molecule has 156 valence electrons. The van der Waals surface area contributed by atoms with Crippen molar-refractivity contribution in [3.8, 4) is 11.1 Å². The van der Waals surface area contributed by atoms with Gasteiger partial charge in [-0.1, -0.05) is 48.5 Å². The molecule has 2 atom stereocenters. The third-order valence-electron chi connectivity index (χ3n) is 5.35. The number of aliphatic hydroxyl groups is 2. The maximum Gasteiger partial charge on any atom is 0.407 e. The highest BCUT2D eigenvalue weighted by Gasteiger charge is 2.29. The number of anilines is 1. The highest BCUT2D eigenvalue weighted by molar-refractivity contribution is 5.79. The van der Waals surface area contributed by atoms with Crippen molar-refractivity contribution in [2.24, 2.45) is 0 Å². The summed E-state index contributed by atoms with van der Waals surface area (Å²) in [5.74, 6) is 0.217. The van der Waals surface area contributed by atoms with Crippen LogP contribution in [0.3, 0.4) is 0 Å². The van der Waals surface area contributed by atoms with Crippen molar-refractivity contribution in [3.05, 3.63) is 71.4 Å². The van der Waals surface area contributed by atoms with E-state index in [-0.39, 0.29) is 31.3 Å². The molecule has 0 fully saturated rings. The molecule has 3 aromatic rings. The second-order valence-corrected chi connectivity index (χ2v) is 7.30. The zero-order valence-electron chi connectivity index (χ0n) is 16.3. The quantitative estimate of drug-likeness (QED) is 0.407. The Morgan fingerprint density at radius 2 is 1.77 bits per heavy atom. The number of hydrogen-bond donors (Lipinski definition) is 5. The minimum Gasteiger partial charge on any atom is -0.449 e. The van der Waals surface area contributed by atoms with Crippen molar-refractivity contribution in [2.45, 2.75) is 24.5 Å². The van der Waals surface area contributed by atoms with Gasteiger partial charge in [-0.3, -0.25) is 5.10 Å². The number of carbonyl (C=O) groups is 1. The SMILES string of the molecule is Nc1cc(C(O)C(O)CCNC(=O)OCC2c3ccccc3-c3ccccc32)[nH]n1. The van der Waals surface area contributed by atoms with Gasteiger partial charge < -0.3 is 26.0 Å². The number of nitrogens with one attached hydrogen (secondary N) is 2. The molecule has 8 heteroatoms. The summed E-state index contributed by atoms with van der Waals surface area (Å²) in [4.78, 5) is 12.1. The van der Waals surface area contributed by atoms with Crippen molar-refractivity contribution >= 4 is 11.9 Å². The van der Waals surface area contributed by atoms with Gasteiger partial charge in [0.15, 0.2) is 0 Å². The van der Waals surface area contributed by atoms with Gasteiger partial charge in [0.1, 0.15) is 18.5 Å². The number of carbonyl (C=O) groups excluding carboxylic acids is 1. The van der Waals surface area contributed by atoms with E-state index in [9.17, 15) is 15.0 Å². The smallest absolute Gasteiger partial charge is 0.407 e. The Hall–Kier alpha value is -3.36. The van der Waals surface area contributed by atoms with Crippen LogP contribution < -0.4 is 11.1 Å². The molecule has 0 saturated heterocycles. The van der Waals surface area contributed by atoms with Crippen LogP contribution in [-0.2, 0) is 4.74 Å². The summed E-state index contributed by atoms with van der Waals surface area (Å²) in [6.45, 7) is 0.372. The van der Waals surface area contributed by atoms with Crippen LogP contribution in [0.25, 0.3) is 11.1 Å². The Morgan fingerprint density at radius 1 is 1.13 bits per heavy atom. The second kappa shape index (κ2) is 8.56. The number of benzene rings is 2. The van der Waals surface area contributed by atoms with Crippen LogP contribution in [0, 0.1) is 0 Å². The van der Waals surface area contributed by atoms with E-state index in [2.05, 4.69) is 39.8 Å². The molecule has 1 aromatic heterocycles. The minimum absolute atomic E-state index is 0.0126. The average molecular weight is 408 g/mol. The molecular weight excluding hydrogens is 384 g/mol.